The highest BCUT2D eigenvalue weighted by Gasteiger charge is 2.18. The summed E-state index contributed by atoms with van der Waals surface area (Å²) >= 11 is 0. The van der Waals surface area contributed by atoms with Crippen molar-refractivity contribution in [1.82, 2.24) is 14.4 Å². The maximum Gasteiger partial charge on any atom is 0.231 e. The van der Waals surface area contributed by atoms with Crippen molar-refractivity contribution < 1.29 is 9.47 Å². The molecule has 0 amide bonds. The number of nitrogens with zero attached hydrogens (tertiary/aromatic N) is 3. The van der Waals surface area contributed by atoms with Gasteiger partial charge in [-0.1, -0.05) is 36.4 Å². The first kappa shape index (κ1) is 16.8. The van der Waals surface area contributed by atoms with Crippen LogP contribution in [0.2, 0.25) is 0 Å². The number of rotatable bonds is 3. The lowest BCUT2D eigenvalue weighted by molar-refractivity contribution is 0.174. The molecule has 1 aliphatic heterocycles. The van der Waals surface area contributed by atoms with Crippen LogP contribution >= 0.6 is 0 Å². The van der Waals surface area contributed by atoms with Crippen molar-refractivity contribution >= 4 is 5.65 Å². The number of fused-ring (bicyclic) bond motifs is 2. The molecule has 0 fully saturated rings. The van der Waals surface area contributed by atoms with E-state index in [4.69, 9.17) is 14.5 Å². The second-order valence-electron chi connectivity index (χ2n) is 7.13. The molecule has 0 N–H and O–H groups in total. The first-order valence-corrected chi connectivity index (χ1v) is 9.75. The molecule has 3 aromatic heterocycles. The fourth-order valence-electron chi connectivity index (χ4n) is 3.87. The summed E-state index contributed by atoms with van der Waals surface area (Å²) in [6.07, 6.45) is 5.78. The summed E-state index contributed by atoms with van der Waals surface area (Å²) in [6, 6.07) is 24.4. The van der Waals surface area contributed by atoms with Crippen LogP contribution in [0, 0.1) is 0 Å². The summed E-state index contributed by atoms with van der Waals surface area (Å²) in [5, 5.41) is 0. The summed E-state index contributed by atoms with van der Waals surface area (Å²) in [4.78, 5) is 9.27. The van der Waals surface area contributed by atoms with Gasteiger partial charge in [-0.25, -0.2) is 4.98 Å². The molecule has 0 bridgehead atoms. The van der Waals surface area contributed by atoms with Crippen LogP contribution in [0.25, 0.3) is 39.3 Å². The van der Waals surface area contributed by atoms with Gasteiger partial charge in [0.05, 0.1) is 11.4 Å². The number of hydrogen-bond donors (Lipinski definition) is 0. The quantitative estimate of drug-likeness (QED) is 0.410. The van der Waals surface area contributed by atoms with Gasteiger partial charge in [-0.3, -0.25) is 9.38 Å². The summed E-state index contributed by atoms with van der Waals surface area (Å²) in [5.41, 5.74) is 7.07. The van der Waals surface area contributed by atoms with E-state index in [0.717, 1.165) is 50.8 Å². The lowest BCUT2D eigenvalue weighted by Crippen LogP contribution is -1.93. The number of imidazole rings is 1. The predicted octanol–water partition coefficient (Wildman–Crippen LogP) is 5.46. The van der Waals surface area contributed by atoms with Crippen LogP contribution in [0.3, 0.4) is 0 Å². The Morgan fingerprint density at radius 2 is 1.57 bits per heavy atom. The van der Waals surface area contributed by atoms with E-state index in [1.807, 2.05) is 54.7 Å². The normalized spacial score (nSPS) is 12.4. The minimum Gasteiger partial charge on any atom is -0.454 e. The number of benzene rings is 2. The molecule has 144 valence electrons. The maximum atomic E-state index is 5.55. The number of ether oxygens (including phenoxy) is 2. The summed E-state index contributed by atoms with van der Waals surface area (Å²) in [7, 11) is 0. The van der Waals surface area contributed by atoms with Crippen LogP contribution in [-0.2, 0) is 0 Å². The van der Waals surface area contributed by atoms with Crippen LogP contribution in [0.5, 0.6) is 11.5 Å². The molecule has 0 spiro atoms. The van der Waals surface area contributed by atoms with E-state index in [2.05, 4.69) is 39.8 Å². The van der Waals surface area contributed by atoms with Gasteiger partial charge in [-0.05, 0) is 47.5 Å². The molecule has 6 rings (SSSR count). The summed E-state index contributed by atoms with van der Waals surface area (Å²) < 4.78 is 13.1. The third-order valence-electron chi connectivity index (χ3n) is 5.31. The molecule has 2 aromatic carbocycles. The van der Waals surface area contributed by atoms with Gasteiger partial charge in [0.1, 0.15) is 5.65 Å². The van der Waals surface area contributed by atoms with Gasteiger partial charge in [0.25, 0.3) is 0 Å². The fraction of sp³-hybridized carbons (Fsp3) is 0.0400. The maximum absolute atomic E-state index is 5.55. The Kier molecular flexibility index (Phi) is 3.77. The molecule has 5 aromatic rings. The van der Waals surface area contributed by atoms with E-state index in [9.17, 15) is 0 Å². The van der Waals surface area contributed by atoms with E-state index in [0.29, 0.717) is 0 Å². The SMILES string of the molecule is c1ccc(-c2nc3ccc(-c4ccc5c(c4)OCO5)cn3c2-c2cccnc2)cc1. The Hall–Kier alpha value is -4.12. The highest BCUT2D eigenvalue weighted by Crippen LogP contribution is 2.37. The van der Waals surface area contributed by atoms with Crippen molar-refractivity contribution in [3.8, 4) is 45.1 Å². The van der Waals surface area contributed by atoms with Crippen LogP contribution < -0.4 is 9.47 Å². The standard InChI is InChI=1S/C25H17N3O2/c1-2-5-17(6-3-1)24-25(19-7-4-12-26-14-19)28-15-20(9-11-23(28)27-24)18-8-10-21-22(13-18)30-16-29-21/h1-15H,16H2. The van der Waals surface area contributed by atoms with Crippen molar-refractivity contribution in [1.29, 1.82) is 0 Å². The average molecular weight is 391 g/mol. The third kappa shape index (κ3) is 2.71. The Bertz CT molecular complexity index is 1360. The van der Waals surface area contributed by atoms with Gasteiger partial charge in [0.15, 0.2) is 11.5 Å². The average Bonchev–Trinajstić information content (AvgIpc) is 3.44. The molecule has 0 unspecified atom stereocenters. The second kappa shape index (κ2) is 6.74. The minimum absolute atomic E-state index is 0.269. The molecule has 4 heterocycles. The zero-order chi connectivity index (χ0) is 19.9. The lowest BCUT2D eigenvalue weighted by atomic mass is 10.1. The van der Waals surface area contributed by atoms with Crippen molar-refractivity contribution in [3.05, 3.63) is 91.4 Å². The van der Waals surface area contributed by atoms with Gasteiger partial charge in [0, 0.05) is 29.7 Å². The van der Waals surface area contributed by atoms with Crippen LogP contribution in [0.15, 0.2) is 91.4 Å². The number of pyridine rings is 2. The second-order valence-corrected chi connectivity index (χ2v) is 7.13. The molecule has 0 saturated carbocycles. The number of hydrogen-bond acceptors (Lipinski definition) is 4. The predicted molar refractivity (Wildman–Crippen MR) is 115 cm³/mol. The largest absolute Gasteiger partial charge is 0.454 e. The Morgan fingerprint density at radius 3 is 2.43 bits per heavy atom. The van der Waals surface area contributed by atoms with Crippen LogP contribution in [0.1, 0.15) is 0 Å². The minimum atomic E-state index is 0.269. The van der Waals surface area contributed by atoms with Crippen molar-refractivity contribution in [2.24, 2.45) is 0 Å². The van der Waals surface area contributed by atoms with E-state index >= 15 is 0 Å². The van der Waals surface area contributed by atoms with Crippen LogP contribution in [-0.4, -0.2) is 21.2 Å². The van der Waals surface area contributed by atoms with E-state index in [1.165, 1.54) is 0 Å². The molecule has 5 nitrogen and oxygen atoms in total. The smallest absolute Gasteiger partial charge is 0.231 e. The van der Waals surface area contributed by atoms with Crippen molar-refractivity contribution in [2.45, 2.75) is 0 Å². The molecule has 0 radical (unpaired) electrons. The van der Waals surface area contributed by atoms with Crippen molar-refractivity contribution in [2.75, 3.05) is 6.79 Å². The summed E-state index contributed by atoms with van der Waals surface area (Å²) in [6.45, 7) is 0.269. The van der Waals surface area contributed by atoms with Crippen molar-refractivity contribution in [3.63, 3.8) is 0 Å². The molecule has 0 aliphatic carbocycles. The molecular weight excluding hydrogens is 374 g/mol. The van der Waals surface area contributed by atoms with Gasteiger partial charge >= 0.3 is 0 Å². The van der Waals surface area contributed by atoms with Gasteiger partial charge in [0.2, 0.25) is 6.79 Å². The Morgan fingerprint density at radius 1 is 0.733 bits per heavy atom. The fourth-order valence-corrected chi connectivity index (χ4v) is 3.87. The molecule has 0 atom stereocenters. The zero-order valence-electron chi connectivity index (χ0n) is 16.0. The molecule has 0 saturated heterocycles. The Balaban J connectivity index is 1.58. The van der Waals surface area contributed by atoms with Gasteiger partial charge in [-0.15, -0.1) is 0 Å². The zero-order valence-corrected chi connectivity index (χ0v) is 16.0. The van der Waals surface area contributed by atoms with E-state index in [-0.39, 0.29) is 6.79 Å². The van der Waals surface area contributed by atoms with Gasteiger partial charge in [-0.2, -0.15) is 0 Å². The Labute approximate surface area is 173 Å². The topological polar surface area (TPSA) is 48.7 Å². The molecule has 1 aliphatic rings. The van der Waals surface area contributed by atoms with Gasteiger partial charge < -0.3 is 9.47 Å². The third-order valence-corrected chi connectivity index (χ3v) is 5.31. The van der Waals surface area contributed by atoms with Crippen LogP contribution in [0.4, 0.5) is 0 Å². The molecule has 5 heteroatoms. The first-order chi connectivity index (χ1) is 14.9. The molecule has 30 heavy (non-hydrogen) atoms. The first-order valence-electron chi connectivity index (χ1n) is 9.75. The monoisotopic (exact) mass is 391 g/mol. The number of aromatic nitrogens is 3. The van der Waals surface area contributed by atoms with E-state index in [1.54, 1.807) is 6.20 Å². The van der Waals surface area contributed by atoms with E-state index < -0.39 is 0 Å². The lowest BCUT2D eigenvalue weighted by Gasteiger charge is -2.08. The summed E-state index contributed by atoms with van der Waals surface area (Å²) in [5.74, 6) is 1.56. The highest BCUT2D eigenvalue weighted by molar-refractivity contribution is 5.82. The molecular formula is C25H17N3O2. The highest BCUT2D eigenvalue weighted by atomic mass is 16.7.